The number of benzene rings is 1. The number of nitrogens with two attached hydrogens (primary N) is 1. The molecule has 0 aliphatic rings. The molecule has 0 amide bonds. The molecule has 0 aliphatic heterocycles. The van der Waals surface area contributed by atoms with Gasteiger partial charge in [0.15, 0.2) is 0 Å². The van der Waals surface area contributed by atoms with Gasteiger partial charge in [-0.05, 0) is 30.2 Å². The number of aryl methyl sites for hydroxylation is 1. The Morgan fingerprint density at radius 2 is 2.10 bits per heavy atom. The number of ether oxygens (including phenoxy) is 1. The molecule has 0 saturated heterocycles. The lowest BCUT2D eigenvalue weighted by molar-refractivity contribution is -0.144. The summed E-state index contributed by atoms with van der Waals surface area (Å²) in [5.74, 6) is -0.782. The summed E-state index contributed by atoms with van der Waals surface area (Å²) >= 11 is 0. The van der Waals surface area contributed by atoms with E-state index in [1.54, 1.807) is 6.07 Å². The summed E-state index contributed by atoms with van der Waals surface area (Å²) in [5, 5.41) is 0. The summed E-state index contributed by atoms with van der Waals surface area (Å²) in [6, 6.07) is 8.65. The third-order valence-electron chi connectivity index (χ3n) is 2.73. The average Bonchev–Trinajstić information content (AvgIpc) is 2.43. The molecular formula is C15H15FN2O2. The molecule has 2 rings (SSSR count). The zero-order valence-corrected chi connectivity index (χ0v) is 10.9. The number of rotatable bonds is 5. The van der Waals surface area contributed by atoms with Crippen molar-refractivity contribution in [2.45, 2.75) is 19.4 Å². The monoisotopic (exact) mass is 274 g/mol. The summed E-state index contributed by atoms with van der Waals surface area (Å²) in [7, 11) is 0. The molecule has 1 aromatic carbocycles. The second-order valence-corrected chi connectivity index (χ2v) is 4.42. The SMILES string of the molecule is Nc1cccc(CCC(=O)OCc2cncc(F)c2)c1. The van der Waals surface area contributed by atoms with Crippen LogP contribution in [-0.2, 0) is 22.6 Å². The fraction of sp³-hybridized carbons (Fsp3) is 0.200. The van der Waals surface area contributed by atoms with Crippen molar-refractivity contribution >= 4 is 11.7 Å². The maximum Gasteiger partial charge on any atom is 0.306 e. The molecule has 0 atom stereocenters. The van der Waals surface area contributed by atoms with Gasteiger partial charge in [0.1, 0.15) is 12.4 Å². The Kier molecular flexibility index (Phi) is 4.65. The van der Waals surface area contributed by atoms with Gasteiger partial charge in [0.2, 0.25) is 0 Å². The largest absolute Gasteiger partial charge is 0.461 e. The standard InChI is InChI=1S/C15H15FN2O2/c16-13-6-12(8-18-9-13)10-20-15(19)5-4-11-2-1-3-14(17)7-11/h1-3,6-9H,4-5,10,17H2. The van der Waals surface area contributed by atoms with Crippen molar-refractivity contribution < 1.29 is 13.9 Å². The van der Waals surface area contributed by atoms with Crippen molar-refractivity contribution in [1.29, 1.82) is 0 Å². The first-order valence-corrected chi connectivity index (χ1v) is 6.23. The van der Waals surface area contributed by atoms with E-state index < -0.39 is 5.82 Å². The number of aromatic nitrogens is 1. The van der Waals surface area contributed by atoms with E-state index in [1.807, 2.05) is 18.2 Å². The Bertz CT molecular complexity index is 550. The zero-order valence-electron chi connectivity index (χ0n) is 10.9. The van der Waals surface area contributed by atoms with Crippen LogP contribution >= 0.6 is 0 Å². The maximum atomic E-state index is 12.9. The number of hydrogen-bond acceptors (Lipinski definition) is 4. The Morgan fingerprint density at radius 1 is 1.25 bits per heavy atom. The minimum absolute atomic E-state index is 0.0283. The van der Waals surface area contributed by atoms with Crippen LogP contribution in [0.5, 0.6) is 0 Å². The fourth-order valence-corrected chi connectivity index (χ4v) is 1.77. The van der Waals surface area contributed by atoms with Crippen LogP contribution in [0.1, 0.15) is 17.5 Å². The number of nitrogens with zero attached hydrogens (tertiary/aromatic N) is 1. The van der Waals surface area contributed by atoms with Crippen molar-refractivity contribution in [2.75, 3.05) is 5.73 Å². The van der Waals surface area contributed by atoms with Crippen LogP contribution in [0.25, 0.3) is 0 Å². The van der Waals surface area contributed by atoms with Gasteiger partial charge >= 0.3 is 5.97 Å². The lowest BCUT2D eigenvalue weighted by Crippen LogP contribution is -2.06. The van der Waals surface area contributed by atoms with Crippen LogP contribution < -0.4 is 5.73 Å². The third-order valence-corrected chi connectivity index (χ3v) is 2.73. The molecule has 4 nitrogen and oxygen atoms in total. The first-order chi connectivity index (χ1) is 9.63. The average molecular weight is 274 g/mol. The van der Waals surface area contributed by atoms with Gasteiger partial charge in [0, 0.05) is 23.9 Å². The molecule has 104 valence electrons. The fourth-order valence-electron chi connectivity index (χ4n) is 1.77. The van der Waals surface area contributed by atoms with Crippen molar-refractivity contribution in [3.63, 3.8) is 0 Å². The first-order valence-electron chi connectivity index (χ1n) is 6.23. The topological polar surface area (TPSA) is 65.2 Å². The highest BCUT2D eigenvalue weighted by atomic mass is 19.1. The van der Waals surface area contributed by atoms with Crippen LogP contribution in [0.2, 0.25) is 0 Å². The number of pyridine rings is 1. The highest BCUT2D eigenvalue weighted by Crippen LogP contribution is 2.10. The van der Waals surface area contributed by atoms with Gasteiger partial charge in [-0.2, -0.15) is 0 Å². The molecule has 0 fully saturated rings. The van der Waals surface area contributed by atoms with E-state index in [9.17, 15) is 9.18 Å². The quantitative estimate of drug-likeness (QED) is 0.672. The van der Waals surface area contributed by atoms with E-state index in [2.05, 4.69) is 4.98 Å². The number of esters is 1. The second kappa shape index (κ2) is 6.65. The van der Waals surface area contributed by atoms with Crippen LogP contribution in [0.3, 0.4) is 0 Å². The van der Waals surface area contributed by atoms with Crippen molar-refractivity contribution in [3.05, 3.63) is 59.7 Å². The molecule has 0 saturated carbocycles. The Balaban J connectivity index is 1.78. The molecule has 0 radical (unpaired) electrons. The minimum Gasteiger partial charge on any atom is -0.461 e. The van der Waals surface area contributed by atoms with Crippen molar-refractivity contribution in [3.8, 4) is 0 Å². The first kappa shape index (κ1) is 14.0. The summed E-state index contributed by atoms with van der Waals surface area (Å²) in [5.41, 5.74) is 7.83. The Morgan fingerprint density at radius 3 is 2.85 bits per heavy atom. The van der Waals surface area contributed by atoms with Gasteiger partial charge in [-0.1, -0.05) is 12.1 Å². The summed E-state index contributed by atoms with van der Waals surface area (Å²) in [4.78, 5) is 15.3. The van der Waals surface area contributed by atoms with Crippen LogP contribution in [0.15, 0.2) is 42.7 Å². The highest BCUT2D eigenvalue weighted by molar-refractivity contribution is 5.69. The molecule has 2 N–H and O–H groups in total. The van der Waals surface area contributed by atoms with Gasteiger partial charge < -0.3 is 10.5 Å². The van der Waals surface area contributed by atoms with Gasteiger partial charge in [-0.3, -0.25) is 9.78 Å². The van der Waals surface area contributed by atoms with Crippen LogP contribution in [0, 0.1) is 5.82 Å². The van der Waals surface area contributed by atoms with E-state index in [4.69, 9.17) is 10.5 Å². The summed E-state index contributed by atoms with van der Waals surface area (Å²) in [6.07, 6.45) is 3.39. The predicted octanol–water partition coefficient (Wildman–Crippen LogP) is 2.48. The van der Waals surface area contributed by atoms with Crippen molar-refractivity contribution in [2.24, 2.45) is 0 Å². The Hall–Kier alpha value is -2.43. The highest BCUT2D eigenvalue weighted by Gasteiger charge is 2.05. The van der Waals surface area contributed by atoms with Crippen molar-refractivity contribution in [1.82, 2.24) is 4.98 Å². The van der Waals surface area contributed by atoms with E-state index >= 15 is 0 Å². The van der Waals surface area contributed by atoms with Gasteiger partial charge in [0.25, 0.3) is 0 Å². The van der Waals surface area contributed by atoms with Crippen LogP contribution in [-0.4, -0.2) is 11.0 Å². The predicted molar refractivity (Wildman–Crippen MR) is 73.2 cm³/mol. The molecule has 0 unspecified atom stereocenters. The number of carbonyl (C=O) groups is 1. The molecule has 20 heavy (non-hydrogen) atoms. The maximum absolute atomic E-state index is 12.9. The van der Waals surface area contributed by atoms with E-state index in [1.165, 1.54) is 12.3 Å². The number of halogens is 1. The number of nitrogen functional groups attached to an aromatic ring is 1. The molecule has 5 heteroatoms. The van der Waals surface area contributed by atoms with Gasteiger partial charge in [-0.15, -0.1) is 0 Å². The summed E-state index contributed by atoms with van der Waals surface area (Å²) < 4.78 is 17.9. The molecule has 2 aromatic rings. The van der Waals surface area contributed by atoms with E-state index in [-0.39, 0.29) is 19.0 Å². The van der Waals surface area contributed by atoms with Crippen LogP contribution in [0.4, 0.5) is 10.1 Å². The smallest absolute Gasteiger partial charge is 0.306 e. The number of carbonyl (C=O) groups excluding carboxylic acids is 1. The minimum atomic E-state index is -0.446. The molecule has 0 aliphatic carbocycles. The molecular weight excluding hydrogens is 259 g/mol. The zero-order chi connectivity index (χ0) is 14.4. The lowest BCUT2D eigenvalue weighted by atomic mass is 10.1. The lowest BCUT2D eigenvalue weighted by Gasteiger charge is -2.05. The molecule has 1 aromatic heterocycles. The summed E-state index contributed by atoms with van der Waals surface area (Å²) in [6.45, 7) is 0.0283. The Labute approximate surface area is 116 Å². The number of anilines is 1. The van der Waals surface area contributed by atoms with E-state index in [0.29, 0.717) is 17.7 Å². The molecule has 1 heterocycles. The molecule has 0 bridgehead atoms. The third kappa shape index (κ3) is 4.35. The van der Waals surface area contributed by atoms with Gasteiger partial charge in [0.05, 0.1) is 6.20 Å². The normalized spacial score (nSPS) is 10.2. The number of hydrogen-bond donors (Lipinski definition) is 1. The van der Waals surface area contributed by atoms with Gasteiger partial charge in [-0.25, -0.2) is 4.39 Å². The van der Waals surface area contributed by atoms with E-state index in [0.717, 1.165) is 11.8 Å². The molecule has 0 spiro atoms. The second-order valence-electron chi connectivity index (χ2n) is 4.42.